The second-order valence-corrected chi connectivity index (χ2v) is 8.03. The molecule has 102 valence electrons. The maximum absolute atomic E-state index is 6.74. The fraction of sp³-hybridized carbons (Fsp3) is 0.667. The molecular weight excluding hydrogens is 252 g/mol. The van der Waals surface area contributed by atoms with E-state index in [0.717, 1.165) is 17.8 Å². The van der Waals surface area contributed by atoms with Gasteiger partial charge in [0.2, 0.25) is 0 Å². The monoisotopic (exact) mass is 274 g/mol. The Balaban J connectivity index is 1.53. The minimum atomic E-state index is 0.220. The van der Waals surface area contributed by atoms with Gasteiger partial charge in [-0.15, -0.1) is 11.6 Å². The predicted molar refractivity (Wildman–Crippen MR) is 80.3 cm³/mol. The van der Waals surface area contributed by atoms with Gasteiger partial charge in [-0.2, -0.15) is 0 Å². The molecule has 1 heteroatoms. The molecule has 0 saturated heterocycles. The molecule has 0 radical (unpaired) electrons. The first-order chi connectivity index (χ1) is 9.22. The van der Waals surface area contributed by atoms with Gasteiger partial charge in [0, 0.05) is 0 Å². The van der Waals surface area contributed by atoms with Gasteiger partial charge in [0.25, 0.3) is 0 Å². The second-order valence-electron chi connectivity index (χ2n) is 7.50. The van der Waals surface area contributed by atoms with Gasteiger partial charge < -0.3 is 0 Å². The summed E-state index contributed by atoms with van der Waals surface area (Å²) in [4.78, 5) is 0. The molecule has 0 aliphatic heterocycles. The molecule has 5 rings (SSSR count). The van der Waals surface area contributed by atoms with Crippen LogP contribution in [0.5, 0.6) is 0 Å². The Kier molecular flexibility index (Phi) is 2.92. The van der Waals surface area contributed by atoms with Crippen molar-refractivity contribution in [3.05, 3.63) is 35.9 Å². The van der Waals surface area contributed by atoms with Crippen LogP contribution in [0.2, 0.25) is 0 Å². The van der Waals surface area contributed by atoms with Crippen LogP contribution in [0.25, 0.3) is 0 Å². The molecule has 4 bridgehead atoms. The normalized spacial score (nSPS) is 41.4. The van der Waals surface area contributed by atoms with Crippen LogP contribution < -0.4 is 0 Å². The highest BCUT2D eigenvalue weighted by Crippen LogP contribution is 2.62. The summed E-state index contributed by atoms with van der Waals surface area (Å²) in [6.07, 6.45) is 10.2. The maximum Gasteiger partial charge on any atom is 0.0590 e. The fourth-order valence-corrected chi connectivity index (χ4v) is 6.17. The Morgan fingerprint density at radius 1 is 0.947 bits per heavy atom. The summed E-state index contributed by atoms with van der Waals surface area (Å²) in [5.41, 5.74) is 1.91. The molecule has 0 nitrogen and oxygen atoms in total. The van der Waals surface area contributed by atoms with Crippen molar-refractivity contribution < 1.29 is 0 Å². The van der Waals surface area contributed by atoms with E-state index in [1.165, 1.54) is 50.5 Å². The molecule has 0 spiro atoms. The molecule has 0 amide bonds. The first kappa shape index (κ1) is 12.3. The van der Waals surface area contributed by atoms with Crippen molar-refractivity contribution in [2.24, 2.45) is 23.2 Å². The lowest BCUT2D eigenvalue weighted by molar-refractivity contribution is -0.0576. The zero-order valence-electron chi connectivity index (χ0n) is 11.5. The van der Waals surface area contributed by atoms with Crippen LogP contribution in [0.15, 0.2) is 30.3 Å². The number of rotatable bonds is 3. The molecule has 4 fully saturated rings. The molecule has 1 atom stereocenters. The van der Waals surface area contributed by atoms with Gasteiger partial charge in [-0.3, -0.25) is 0 Å². The third-order valence-corrected chi connectivity index (χ3v) is 6.34. The number of hydrogen-bond acceptors (Lipinski definition) is 0. The standard InChI is InChI=1S/C18H23Cl/c19-17(16-4-2-1-3-5-16)12-18-9-13-6-14(10-18)8-15(7-13)11-18/h1-5,13-15,17H,6-12H2. The summed E-state index contributed by atoms with van der Waals surface area (Å²) in [7, 11) is 0. The molecule has 4 aliphatic rings. The minimum Gasteiger partial charge on any atom is -0.118 e. The maximum atomic E-state index is 6.74. The average molecular weight is 275 g/mol. The lowest BCUT2D eigenvalue weighted by atomic mass is 9.48. The van der Waals surface area contributed by atoms with Crippen LogP contribution >= 0.6 is 11.6 Å². The van der Waals surface area contributed by atoms with Crippen molar-refractivity contribution in [3.8, 4) is 0 Å². The predicted octanol–water partition coefficient (Wildman–Crippen LogP) is 5.57. The lowest BCUT2D eigenvalue weighted by Crippen LogP contribution is -2.46. The van der Waals surface area contributed by atoms with Crippen molar-refractivity contribution in [2.45, 2.75) is 50.3 Å². The Hall–Kier alpha value is -0.490. The van der Waals surface area contributed by atoms with E-state index in [2.05, 4.69) is 30.3 Å². The topological polar surface area (TPSA) is 0 Å². The van der Waals surface area contributed by atoms with Gasteiger partial charge >= 0.3 is 0 Å². The van der Waals surface area contributed by atoms with Crippen LogP contribution in [0.3, 0.4) is 0 Å². The van der Waals surface area contributed by atoms with E-state index in [1.807, 2.05) is 0 Å². The molecule has 4 saturated carbocycles. The summed E-state index contributed by atoms with van der Waals surface area (Å²) in [6.45, 7) is 0. The van der Waals surface area contributed by atoms with Crippen LogP contribution in [0.1, 0.15) is 55.9 Å². The van der Waals surface area contributed by atoms with E-state index in [1.54, 1.807) is 0 Å². The highest BCUT2D eigenvalue weighted by molar-refractivity contribution is 6.20. The Bertz CT molecular complexity index is 415. The van der Waals surface area contributed by atoms with Crippen LogP contribution in [-0.2, 0) is 0 Å². The largest absolute Gasteiger partial charge is 0.118 e. The molecule has 0 heterocycles. The van der Waals surface area contributed by atoms with Crippen molar-refractivity contribution in [2.75, 3.05) is 0 Å². The van der Waals surface area contributed by atoms with Crippen LogP contribution in [0.4, 0.5) is 0 Å². The Morgan fingerprint density at radius 3 is 2.00 bits per heavy atom. The smallest absolute Gasteiger partial charge is 0.0590 e. The summed E-state index contributed by atoms with van der Waals surface area (Å²) in [6, 6.07) is 10.7. The minimum absolute atomic E-state index is 0.220. The molecule has 4 aliphatic carbocycles. The average Bonchev–Trinajstić information content (AvgIpc) is 2.37. The van der Waals surface area contributed by atoms with Gasteiger partial charge in [0.15, 0.2) is 0 Å². The SMILES string of the molecule is ClC(CC12CC3CC(CC(C3)C1)C2)c1ccccc1. The summed E-state index contributed by atoms with van der Waals surface area (Å²) < 4.78 is 0. The highest BCUT2D eigenvalue weighted by atomic mass is 35.5. The van der Waals surface area contributed by atoms with Gasteiger partial charge in [0.1, 0.15) is 0 Å². The number of alkyl halides is 1. The van der Waals surface area contributed by atoms with Crippen LogP contribution in [0, 0.1) is 23.2 Å². The van der Waals surface area contributed by atoms with Gasteiger partial charge in [-0.1, -0.05) is 30.3 Å². The molecular formula is C18H23Cl. The third-order valence-electron chi connectivity index (χ3n) is 5.94. The van der Waals surface area contributed by atoms with Crippen LogP contribution in [-0.4, -0.2) is 0 Å². The number of halogens is 1. The van der Waals surface area contributed by atoms with E-state index in [4.69, 9.17) is 11.6 Å². The zero-order valence-corrected chi connectivity index (χ0v) is 12.3. The van der Waals surface area contributed by atoms with E-state index < -0.39 is 0 Å². The van der Waals surface area contributed by atoms with Gasteiger partial charge in [0.05, 0.1) is 5.38 Å². The van der Waals surface area contributed by atoms with Crippen molar-refractivity contribution in [1.29, 1.82) is 0 Å². The molecule has 1 unspecified atom stereocenters. The van der Waals surface area contributed by atoms with Crippen molar-refractivity contribution in [1.82, 2.24) is 0 Å². The quantitative estimate of drug-likeness (QED) is 0.632. The van der Waals surface area contributed by atoms with Crippen molar-refractivity contribution >= 4 is 11.6 Å². The fourth-order valence-electron chi connectivity index (χ4n) is 5.70. The first-order valence-electron chi connectivity index (χ1n) is 7.91. The molecule has 1 aromatic rings. The van der Waals surface area contributed by atoms with Gasteiger partial charge in [-0.25, -0.2) is 0 Å². The van der Waals surface area contributed by atoms with E-state index >= 15 is 0 Å². The van der Waals surface area contributed by atoms with E-state index in [-0.39, 0.29) is 5.38 Å². The molecule has 19 heavy (non-hydrogen) atoms. The Labute approximate surface area is 121 Å². The highest BCUT2D eigenvalue weighted by Gasteiger charge is 2.51. The molecule has 0 N–H and O–H groups in total. The summed E-state index contributed by atoms with van der Waals surface area (Å²) in [5.74, 6) is 3.10. The molecule has 1 aromatic carbocycles. The summed E-state index contributed by atoms with van der Waals surface area (Å²) in [5, 5.41) is 0.220. The third kappa shape index (κ3) is 2.23. The molecule has 0 aromatic heterocycles. The lowest BCUT2D eigenvalue weighted by Gasteiger charge is -2.57. The first-order valence-corrected chi connectivity index (χ1v) is 8.35. The zero-order chi connectivity index (χ0) is 12.9. The second kappa shape index (κ2) is 4.52. The number of benzene rings is 1. The van der Waals surface area contributed by atoms with E-state index in [0.29, 0.717) is 5.41 Å². The number of hydrogen-bond donors (Lipinski definition) is 0. The van der Waals surface area contributed by atoms with E-state index in [9.17, 15) is 0 Å². The van der Waals surface area contributed by atoms with Gasteiger partial charge in [-0.05, 0) is 73.7 Å². The Morgan fingerprint density at radius 2 is 1.47 bits per heavy atom. The summed E-state index contributed by atoms with van der Waals surface area (Å²) >= 11 is 6.74. The van der Waals surface area contributed by atoms with Crippen molar-refractivity contribution in [3.63, 3.8) is 0 Å².